The average molecular weight is 241 g/mol. The van der Waals surface area contributed by atoms with Crippen LogP contribution in [-0.4, -0.2) is 61.7 Å². The maximum absolute atomic E-state index is 3.29. The summed E-state index contributed by atoms with van der Waals surface area (Å²) in [6, 6.07) is 1.45. The lowest BCUT2D eigenvalue weighted by Crippen LogP contribution is -2.53. The Bertz CT molecular complexity index is 200. The summed E-state index contributed by atoms with van der Waals surface area (Å²) in [5.74, 6) is 0.732. The second kappa shape index (κ2) is 7.34. The van der Waals surface area contributed by atoms with Gasteiger partial charge in [0.05, 0.1) is 0 Å². The summed E-state index contributed by atoms with van der Waals surface area (Å²) >= 11 is 0. The van der Waals surface area contributed by atoms with E-state index in [0.717, 1.165) is 18.5 Å². The SMILES string of the molecule is CCC(C)N1CCN(C(C)C(C)CNC)CC1. The molecule has 3 nitrogen and oxygen atoms in total. The van der Waals surface area contributed by atoms with Crippen molar-refractivity contribution in [3.63, 3.8) is 0 Å². The molecule has 0 bridgehead atoms. The van der Waals surface area contributed by atoms with Gasteiger partial charge >= 0.3 is 0 Å². The molecule has 3 atom stereocenters. The molecule has 1 N–H and O–H groups in total. The summed E-state index contributed by atoms with van der Waals surface area (Å²) in [6.45, 7) is 15.4. The molecular formula is C14H31N3. The van der Waals surface area contributed by atoms with Crippen LogP contribution in [0.4, 0.5) is 0 Å². The zero-order chi connectivity index (χ0) is 12.8. The van der Waals surface area contributed by atoms with E-state index in [4.69, 9.17) is 0 Å². The van der Waals surface area contributed by atoms with E-state index in [1.807, 2.05) is 7.05 Å². The van der Waals surface area contributed by atoms with Gasteiger partial charge in [-0.05, 0) is 39.8 Å². The van der Waals surface area contributed by atoms with Gasteiger partial charge in [0.2, 0.25) is 0 Å². The van der Waals surface area contributed by atoms with Crippen LogP contribution in [0, 0.1) is 5.92 Å². The van der Waals surface area contributed by atoms with Crippen molar-refractivity contribution in [3.05, 3.63) is 0 Å². The van der Waals surface area contributed by atoms with E-state index in [2.05, 4.69) is 42.8 Å². The van der Waals surface area contributed by atoms with Crippen molar-refractivity contribution in [1.82, 2.24) is 15.1 Å². The lowest BCUT2D eigenvalue weighted by molar-refractivity contribution is 0.0610. The molecule has 102 valence electrons. The van der Waals surface area contributed by atoms with E-state index in [0.29, 0.717) is 6.04 Å². The minimum Gasteiger partial charge on any atom is -0.319 e. The molecule has 0 aliphatic carbocycles. The molecule has 1 heterocycles. The summed E-state index contributed by atoms with van der Waals surface area (Å²) in [5.41, 5.74) is 0. The Hall–Kier alpha value is -0.120. The molecule has 17 heavy (non-hydrogen) atoms. The zero-order valence-corrected chi connectivity index (χ0v) is 12.4. The summed E-state index contributed by atoms with van der Waals surface area (Å²) in [4.78, 5) is 5.28. The number of nitrogens with one attached hydrogen (secondary N) is 1. The van der Waals surface area contributed by atoms with Crippen molar-refractivity contribution in [3.8, 4) is 0 Å². The van der Waals surface area contributed by atoms with Gasteiger partial charge in [0, 0.05) is 38.3 Å². The standard InChI is InChI=1S/C14H31N3/c1-6-13(3)16-7-9-17(10-8-16)14(4)12(2)11-15-5/h12-15H,6-11H2,1-5H3. The molecular weight excluding hydrogens is 210 g/mol. The van der Waals surface area contributed by atoms with Crippen molar-refractivity contribution in [2.24, 2.45) is 5.92 Å². The van der Waals surface area contributed by atoms with Crippen LogP contribution in [0.5, 0.6) is 0 Å². The second-order valence-electron chi connectivity index (χ2n) is 5.60. The Morgan fingerprint density at radius 1 is 1.00 bits per heavy atom. The fourth-order valence-electron chi connectivity index (χ4n) is 2.70. The molecule has 3 unspecified atom stereocenters. The highest BCUT2D eigenvalue weighted by Crippen LogP contribution is 2.15. The van der Waals surface area contributed by atoms with Gasteiger partial charge in [-0.25, -0.2) is 0 Å². The first-order valence-electron chi connectivity index (χ1n) is 7.22. The Morgan fingerprint density at radius 2 is 1.53 bits per heavy atom. The number of nitrogens with zero attached hydrogens (tertiary/aromatic N) is 2. The molecule has 0 radical (unpaired) electrons. The molecule has 0 spiro atoms. The van der Waals surface area contributed by atoms with Gasteiger partial charge in [-0.3, -0.25) is 9.80 Å². The maximum Gasteiger partial charge on any atom is 0.0113 e. The molecule has 0 saturated carbocycles. The van der Waals surface area contributed by atoms with Gasteiger partial charge < -0.3 is 5.32 Å². The summed E-state index contributed by atoms with van der Waals surface area (Å²) < 4.78 is 0. The Kier molecular flexibility index (Phi) is 6.45. The number of hydrogen-bond acceptors (Lipinski definition) is 3. The fraction of sp³-hybridized carbons (Fsp3) is 1.00. The predicted octanol–water partition coefficient (Wildman–Crippen LogP) is 1.65. The number of rotatable bonds is 6. The number of piperazine rings is 1. The third-order valence-electron chi connectivity index (χ3n) is 4.49. The molecule has 1 saturated heterocycles. The van der Waals surface area contributed by atoms with Crippen LogP contribution in [0.3, 0.4) is 0 Å². The molecule has 0 aromatic heterocycles. The normalized spacial score (nSPS) is 24.5. The largest absolute Gasteiger partial charge is 0.319 e. The highest BCUT2D eigenvalue weighted by molar-refractivity contribution is 4.81. The molecule has 0 aromatic carbocycles. The van der Waals surface area contributed by atoms with E-state index in [1.54, 1.807) is 0 Å². The average Bonchev–Trinajstić information content (AvgIpc) is 2.37. The predicted molar refractivity (Wildman–Crippen MR) is 75.5 cm³/mol. The number of hydrogen-bond donors (Lipinski definition) is 1. The summed E-state index contributed by atoms with van der Waals surface area (Å²) in [5, 5.41) is 3.29. The highest BCUT2D eigenvalue weighted by atomic mass is 15.3. The van der Waals surface area contributed by atoms with Crippen molar-refractivity contribution >= 4 is 0 Å². The quantitative estimate of drug-likeness (QED) is 0.763. The maximum atomic E-state index is 3.29. The van der Waals surface area contributed by atoms with Crippen LogP contribution in [0.15, 0.2) is 0 Å². The van der Waals surface area contributed by atoms with Crippen LogP contribution < -0.4 is 5.32 Å². The van der Waals surface area contributed by atoms with Crippen LogP contribution in [0.25, 0.3) is 0 Å². The minimum absolute atomic E-state index is 0.696. The van der Waals surface area contributed by atoms with Crippen LogP contribution in [0.2, 0.25) is 0 Å². The van der Waals surface area contributed by atoms with Gasteiger partial charge in [0.25, 0.3) is 0 Å². The zero-order valence-electron chi connectivity index (χ0n) is 12.4. The first-order chi connectivity index (χ1) is 8.10. The molecule has 0 aromatic rings. The van der Waals surface area contributed by atoms with Gasteiger partial charge in [-0.1, -0.05) is 13.8 Å². The molecule has 3 heteroatoms. The van der Waals surface area contributed by atoms with Gasteiger partial charge in [0.1, 0.15) is 0 Å². The minimum atomic E-state index is 0.696. The fourth-order valence-corrected chi connectivity index (χ4v) is 2.70. The van der Waals surface area contributed by atoms with Gasteiger partial charge in [-0.2, -0.15) is 0 Å². The van der Waals surface area contributed by atoms with Crippen LogP contribution >= 0.6 is 0 Å². The Morgan fingerprint density at radius 3 is 2.00 bits per heavy atom. The van der Waals surface area contributed by atoms with Crippen molar-refractivity contribution < 1.29 is 0 Å². The van der Waals surface area contributed by atoms with Gasteiger partial charge in [0.15, 0.2) is 0 Å². The molecule has 0 amide bonds. The van der Waals surface area contributed by atoms with E-state index < -0.39 is 0 Å². The molecule has 1 fully saturated rings. The monoisotopic (exact) mass is 241 g/mol. The topological polar surface area (TPSA) is 18.5 Å². The second-order valence-corrected chi connectivity index (χ2v) is 5.60. The van der Waals surface area contributed by atoms with Crippen molar-refractivity contribution in [1.29, 1.82) is 0 Å². The van der Waals surface area contributed by atoms with E-state index in [1.165, 1.54) is 32.6 Å². The lowest BCUT2D eigenvalue weighted by Gasteiger charge is -2.42. The van der Waals surface area contributed by atoms with E-state index in [-0.39, 0.29) is 0 Å². The third kappa shape index (κ3) is 4.23. The van der Waals surface area contributed by atoms with Crippen LogP contribution in [-0.2, 0) is 0 Å². The summed E-state index contributed by atoms with van der Waals surface area (Å²) in [6.07, 6.45) is 1.27. The van der Waals surface area contributed by atoms with Crippen molar-refractivity contribution in [2.45, 2.75) is 46.2 Å². The molecule has 1 aliphatic heterocycles. The lowest BCUT2D eigenvalue weighted by atomic mass is 10.0. The van der Waals surface area contributed by atoms with Crippen molar-refractivity contribution in [2.75, 3.05) is 39.8 Å². The first-order valence-corrected chi connectivity index (χ1v) is 7.22. The third-order valence-corrected chi connectivity index (χ3v) is 4.49. The van der Waals surface area contributed by atoms with E-state index >= 15 is 0 Å². The van der Waals surface area contributed by atoms with Crippen LogP contribution in [0.1, 0.15) is 34.1 Å². The smallest absolute Gasteiger partial charge is 0.0113 e. The molecule has 1 rings (SSSR count). The Balaban J connectivity index is 2.35. The highest BCUT2D eigenvalue weighted by Gasteiger charge is 2.25. The Labute approximate surface area is 108 Å². The summed E-state index contributed by atoms with van der Waals surface area (Å²) in [7, 11) is 2.05. The first kappa shape index (κ1) is 14.9. The van der Waals surface area contributed by atoms with Gasteiger partial charge in [-0.15, -0.1) is 0 Å². The van der Waals surface area contributed by atoms with E-state index in [9.17, 15) is 0 Å². The molecule has 1 aliphatic rings.